The van der Waals surface area contributed by atoms with Crippen molar-refractivity contribution in [3.63, 3.8) is 0 Å². The molecule has 0 aliphatic carbocycles. The van der Waals surface area contributed by atoms with Gasteiger partial charge in [0.05, 0.1) is 40.1 Å². The summed E-state index contributed by atoms with van der Waals surface area (Å²) in [6.07, 6.45) is -4.31. The van der Waals surface area contributed by atoms with Gasteiger partial charge in [-0.3, -0.25) is 42.3 Å². The molecule has 424 valence electrons. The zero-order chi connectivity index (χ0) is 56.9. The van der Waals surface area contributed by atoms with Crippen LogP contribution >= 0.6 is 7.82 Å². The number of hydrogen-bond acceptors (Lipinski definition) is 15. The third-order valence-electron chi connectivity index (χ3n) is 15.9. The molecule has 4 fully saturated rings. The third kappa shape index (κ3) is 10.3. The fourth-order valence-electron chi connectivity index (χ4n) is 11.9. The van der Waals surface area contributed by atoms with Crippen LogP contribution < -0.4 is 42.3 Å². The van der Waals surface area contributed by atoms with Gasteiger partial charge in [0, 0.05) is 36.4 Å². The number of benzene rings is 5. The van der Waals surface area contributed by atoms with E-state index >= 15 is 4.57 Å². The van der Waals surface area contributed by atoms with E-state index in [1.165, 1.54) is 21.5 Å². The number of rotatable bonds is 17. The molecule has 2 N–H and O–H groups in total. The molecule has 21 heteroatoms. The van der Waals surface area contributed by atoms with Crippen molar-refractivity contribution in [3.05, 3.63) is 221 Å². The third-order valence-corrected chi connectivity index (χ3v) is 22.5. The number of H-pyrrole nitrogens is 2. The van der Waals surface area contributed by atoms with Crippen LogP contribution in [0.15, 0.2) is 171 Å². The molecule has 2 bridgehead atoms. The van der Waals surface area contributed by atoms with Gasteiger partial charge >= 0.3 is 19.2 Å². The van der Waals surface area contributed by atoms with Gasteiger partial charge < -0.3 is 32.8 Å². The van der Waals surface area contributed by atoms with Crippen molar-refractivity contribution < 1.29 is 51.0 Å². The summed E-state index contributed by atoms with van der Waals surface area (Å²) in [7, 11) is -4.90. The van der Waals surface area contributed by atoms with Gasteiger partial charge in [-0.2, -0.15) is 0 Å². The Balaban J connectivity index is 0.988. The topological polar surface area (TPSA) is 219 Å². The second kappa shape index (κ2) is 22.2. The van der Waals surface area contributed by atoms with Crippen LogP contribution in [0.2, 0.25) is 5.04 Å². The van der Waals surface area contributed by atoms with E-state index in [1.54, 1.807) is 28.1 Å². The van der Waals surface area contributed by atoms with E-state index in [-0.39, 0.29) is 38.2 Å². The van der Waals surface area contributed by atoms with Crippen molar-refractivity contribution in [1.82, 2.24) is 19.1 Å². The number of aryl methyl sites for hydroxylation is 2. The highest BCUT2D eigenvalue weighted by Crippen LogP contribution is 2.61. The molecular formula is C60H65N4O15PSi. The minimum Gasteiger partial charge on any atom is -0.497 e. The van der Waals surface area contributed by atoms with Crippen molar-refractivity contribution in [3.8, 4) is 11.5 Å². The summed E-state index contributed by atoms with van der Waals surface area (Å²) >= 11 is 0. The molecule has 5 aromatic carbocycles. The van der Waals surface area contributed by atoms with E-state index < -0.39 is 97.9 Å². The number of aromatic amines is 2. The predicted molar refractivity (Wildman–Crippen MR) is 302 cm³/mol. The molecule has 4 saturated heterocycles. The zero-order valence-corrected chi connectivity index (χ0v) is 47.9. The first-order valence-corrected chi connectivity index (χ1v) is 30.3. The predicted octanol–water partition coefficient (Wildman–Crippen LogP) is 6.93. The van der Waals surface area contributed by atoms with Crippen LogP contribution in [0.25, 0.3) is 0 Å². The van der Waals surface area contributed by atoms with Crippen LogP contribution in [-0.2, 0) is 47.1 Å². The lowest BCUT2D eigenvalue weighted by molar-refractivity contribution is -0.204. The molecule has 4 aliphatic heterocycles. The smallest absolute Gasteiger partial charge is 0.475 e. The quantitative estimate of drug-likeness (QED) is 0.0537. The fourth-order valence-corrected chi connectivity index (χ4v) is 18.2. The maximum atomic E-state index is 15.8. The summed E-state index contributed by atoms with van der Waals surface area (Å²) < 4.78 is 84.7. The summed E-state index contributed by atoms with van der Waals surface area (Å²) in [6, 6.07) is 44.8. The number of hydrogen-bond donors (Lipinski definition) is 2. The van der Waals surface area contributed by atoms with Crippen LogP contribution in [0.4, 0.5) is 0 Å². The number of fused-ring (bicyclic) bond motifs is 2. The molecule has 6 heterocycles. The molecule has 0 unspecified atom stereocenters. The standard InChI is InChI=1S/C60H65N4O15PSi/c1-38-34-63(56(67)61-53(38)65)49-33-48(79-81(58(3,4)5,45-19-13-9-14-20-45)46-21-15-10-16-22-46)50(75-49)47-31-32-74-80(69,77-47)78-52-51-55(64-35-39(2)54(66)62-57(64)68)76-59(52,36-72-51)37-73-60(40-17-11-8-12-18-40,41-23-27-43(70-6)28-24-41)42-25-29-44(71-7)30-26-42/h8-30,34-35,47-52,55H,31-33,36-37H2,1-7H3,(H,61,65,67)(H,62,66,68)/t47-,48+,49-,50+,51-,52+,55-,59-,80+/m1/s1. The van der Waals surface area contributed by atoms with Gasteiger partial charge in [-0.25, -0.2) is 14.2 Å². The van der Waals surface area contributed by atoms with Gasteiger partial charge in [-0.1, -0.05) is 136 Å². The number of ether oxygens (including phenoxy) is 6. The Labute approximate surface area is 468 Å². The lowest BCUT2D eigenvalue weighted by Crippen LogP contribution is -2.68. The molecule has 9 atom stereocenters. The Morgan fingerprint density at radius 3 is 1.75 bits per heavy atom. The Morgan fingerprint density at radius 1 is 0.691 bits per heavy atom. The van der Waals surface area contributed by atoms with Crippen LogP contribution in [0, 0.1) is 13.8 Å². The van der Waals surface area contributed by atoms with E-state index in [0.717, 1.165) is 15.9 Å². The van der Waals surface area contributed by atoms with Crippen molar-refractivity contribution >= 4 is 26.5 Å². The molecule has 81 heavy (non-hydrogen) atoms. The first-order chi connectivity index (χ1) is 38.9. The lowest BCUT2D eigenvalue weighted by atomic mass is 9.79. The van der Waals surface area contributed by atoms with E-state index in [1.807, 2.05) is 115 Å². The molecule has 2 aromatic heterocycles. The van der Waals surface area contributed by atoms with Gasteiger partial charge in [-0.15, -0.1) is 0 Å². The average molecular weight is 1140 g/mol. The largest absolute Gasteiger partial charge is 0.497 e. The van der Waals surface area contributed by atoms with Crippen LogP contribution in [-0.4, -0.2) is 97.6 Å². The first-order valence-electron chi connectivity index (χ1n) is 26.9. The molecule has 0 saturated carbocycles. The summed E-state index contributed by atoms with van der Waals surface area (Å²) in [5.41, 5.74) is -2.87. The fraction of sp³-hybridized carbons (Fsp3) is 0.367. The molecule has 0 spiro atoms. The van der Waals surface area contributed by atoms with Gasteiger partial charge in [0.25, 0.3) is 19.4 Å². The Kier molecular flexibility index (Phi) is 15.3. The molecule has 7 aromatic rings. The highest BCUT2D eigenvalue weighted by Gasteiger charge is 2.67. The number of phosphoric acid groups is 1. The number of nitrogens with zero attached hydrogens (tertiary/aromatic N) is 2. The highest BCUT2D eigenvalue weighted by atomic mass is 31.2. The Hall–Kier alpha value is -6.81. The van der Waals surface area contributed by atoms with E-state index in [9.17, 15) is 19.2 Å². The maximum absolute atomic E-state index is 15.8. The maximum Gasteiger partial charge on any atom is 0.475 e. The molecular weight excluding hydrogens is 1080 g/mol. The molecule has 19 nitrogen and oxygen atoms in total. The summed E-state index contributed by atoms with van der Waals surface area (Å²) in [4.78, 5) is 57.6. The normalized spacial score (nSPS) is 25.7. The van der Waals surface area contributed by atoms with Crippen molar-refractivity contribution in [2.24, 2.45) is 0 Å². The van der Waals surface area contributed by atoms with Gasteiger partial charge in [0.15, 0.2) is 6.23 Å². The van der Waals surface area contributed by atoms with Gasteiger partial charge in [0.1, 0.15) is 53.3 Å². The van der Waals surface area contributed by atoms with Crippen molar-refractivity contribution in [2.75, 3.05) is 34.0 Å². The monoisotopic (exact) mass is 1140 g/mol. The number of phosphoric ester groups is 1. The molecule has 4 aliphatic rings. The Morgan fingerprint density at radius 2 is 1.21 bits per heavy atom. The Bertz CT molecular complexity index is 3580. The van der Waals surface area contributed by atoms with E-state index in [4.69, 9.17) is 46.4 Å². The zero-order valence-electron chi connectivity index (χ0n) is 46.0. The van der Waals surface area contributed by atoms with Crippen molar-refractivity contribution in [2.45, 2.75) is 107 Å². The van der Waals surface area contributed by atoms with E-state index in [2.05, 4.69) is 55.0 Å². The summed E-state index contributed by atoms with van der Waals surface area (Å²) in [5.74, 6) is 1.24. The summed E-state index contributed by atoms with van der Waals surface area (Å²) in [5, 5.41) is 1.50. The van der Waals surface area contributed by atoms with Crippen molar-refractivity contribution in [1.29, 1.82) is 0 Å². The van der Waals surface area contributed by atoms with Gasteiger partial charge in [-0.05, 0) is 70.2 Å². The number of nitrogens with one attached hydrogen (secondary N) is 2. The summed E-state index contributed by atoms with van der Waals surface area (Å²) in [6.45, 7) is 9.04. The minimum atomic E-state index is -4.72. The second-order valence-electron chi connectivity index (χ2n) is 21.9. The number of aromatic nitrogens is 4. The van der Waals surface area contributed by atoms with Gasteiger partial charge in [0.2, 0.25) is 0 Å². The minimum absolute atomic E-state index is 0.118. The number of methoxy groups -OCH3 is 2. The van der Waals surface area contributed by atoms with Crippen LogP contribution in [0.3, 0.4) is 0 Å². The SMILES string of the molecule is COc1ccc(C(OC[C@@]23CO[C@@H]([C@H](n4cc(C)c(=O)[nH]c4=O)O2)[C@@H]3O[P@@]2(=O)OCC[C@H]([C@@H]3O[C@@H](n4cc(C)c(=O)[nH]c4=O)C[C@@H]3O[Si](c3ccccc3)(c3ccccc3)C(C)(C)C)O2)(c2ccccc2)c2ccc(OC)cc2)cc1. The molecule has 0 amide bonds. The first kappa shape index (κ1) is 56.1. The molecule has 11 rings (SSSR count). The van der Waals surface area contributed by atoms with Crippen LogP contribution in [0.5, 0.6) is 11.5 Å². The van der Waals surface area contributed by atoms with E-state index in [0.29, 0.717) is 28.2 Å². The lowest BCUT2D eigenvalue weighted by Gasteiger charge is -2.46. The average Bonchev–Trinajstić information content (AvgIpc) is 4.21. The van der Waals surface area contributed by atoms with Crippen LogP contribution in [0.1, 0.15) is 73.9 Å². The highest BCUT2D eigenvalue weighted by molar-refractivity contribution is 7.48. The molecule has 0 radical (unpaired) electrons. The second-order valence-corrected chi connectivity index (χ2v) is 27.8.